The highest BCUT2D eigenvalue weighted by molar-refractivity contribution is 5.85. The zero-order valence-electron chi connectivity index (χ0n) is 9.56. The molecule has 2 rings (SSSR count). The van der Waals surface area contributed by atoms with Crippen LogP contribution in [0.25, 0.3) is 0 Å². The van der Waals surface area contributed by atoms with E-state index in [0.29, 0.717) is 6.04 Å². The molecule has 2 aliphatic rings. The Balaban J connectivity index is 1.89. The Labute approximate surface area is 99.4 Å². The van der Waals surface area contributed by atoms with E-state index in [-0.39, 0.29) is 30.9 Å². The van der Waals surface area contributed by atoms with Gasteiger partial charge in [0, 0.05) is 25.1 Å². The van der Waals surface area contributed by atoms with Crippen molar-refractivity contribution in [2.45, 2.75) is 43.8 Å². The van der Waals surface area contributed by atoms with Gasteiger partial charge >= 0.3 is 5.97 Å². The molecule has 2 fully saturated rings. The lowest BCUT2D eigenvalue weighted by molar-refractivity contribution is -0.143. The Morgan fingerprint density at radius 2 is 2.18 bits per heavy atom. The van der Waals surface area contributed by atoms with E-state index in [1.54, 1.807) is 0 Å². The molecule has 0 aromatic carbocycles. The van der Waals surface area contributed by atoms with Crippen LogP contribution in [0.1, 0.15) is 25.7 Å². The summed E-state index contributed by atoms with van der Waals surface area (Å²) in [7, 11) is 0. The smallest absolute Gasteiger partial charge is 0.326 e. The van der Waals surface area contributed by atoms with E-state index in [1.807, 2.05) is 0 Å². The quantitative estimate of drug-likeness (QED) is 0.500. The van der Waals surface area contributed by atoms with Crippen LogP contribution in [-0.4, -0.2) is 46.8 Å². The number of carbonyl (C=O) groups excluding carboxylic acids is 1. The van der Waals surface area contributed by atoms with Gasteiger partial charge < -0.3 is 20.8 Å². The van der Waals surface area contributed by atoms with Crippen molar-refractivity contribution in [2.75, 3.05) is 6.61 Å². The van der Waals surface area contributed by atoms with E-state index in [9.17, 15) is 9.59 Å². The Morgan fingerprint density at radius 1 is 1.41 bits per heavy atom. The molecule has 4 atom stereocenters. The Kier molecular flexibility index (Phi) is 3.63. The van der Waals surface area contributed by atoms with Gasteiger partial charge in [-0.1, -0.05) is 0 Å². The van der Waals surface area contributed by atoms with Gasteiger partial charge in [0.05, 0.1) is 5.92 Å². The Hall–Kier alpha value is -1.14. The van der Waals surface area contributed by atoms with Crippen LogP contribution in [0.5, 0.6) is 0 Å². The molecule has 0 aromatic heterocycles. The molecule has 2 bridgehead atoms. The van der Waals surface area contributed by atoms with Crippen molar-refractivity contribution in [3.05, 3.63) is 0 Å². The molecular formula is C11H18N2O4. The summed E-state index contributed by atoms with van der Waals surface area (Å²) in [6, 6.07) is -0.368. The highest BCUT2D eigenvalue weighted by Crippen LogP contribution is 2.33. The number of hydrogen-bond acceptors (Lipinski definition) is 4. The first kappa shape index (κ1) is 12.3. The molecule has 0 aromatic rings. The van der Waals surface area contributed by atoms with Gasteiger partial charge in [0.1, 0.15) is 6.04 Å². The molecule has 0 saturated carbocycles. The number of carbonyl (C=O) groups is 2. The van der Waals surface area contributed by atoms with Gasteiger partial charge in [0.25, 0.3) is 0 Å². The number of aliphatic hydroxyl groups is 1. The number of nitrogens with one attached hydrogen (secondary N) is 2. The summed E-state index contributed by atoms with van der Waals surface area (Å²) in [6.45, 7) is -0.244. The van der Waals surface area contributed by atoms with Crippen molar-refractivity contribution >= 4 is 11.9 Å². The number of hydrogen-bond donors (Lipinski definition) is 4. The molecule has 0 radical (unpaired) electrons. The van der Waals surface area contributed by atoms with E-state index in [2.05, 4.69) is 10.6 Å². The third-order valence-electron chi connectivity index (χ3n) is 3.67. The standard InChI is InChI=1S/C11H18N2O4/c14-4-3-9(11(16)17)13-10(15)7-5-6-1-2-8(7)12-6/h6-9,12,14H,1-5H2,(H,13,15)(H,16,17)/t6?,7?,8?,9-/m1/s1. The minimum absolute atomic E-state index is 0.0509. The Morgan fingerprint density at radius 3 is 2.65 bits per heavy atom. The number of carboxylic acids is 1. The van der Waals surface area contributed by atoms with Crippen LogP contribution in [0.15, 0.2) is 0 Å². The largest absolute Gasteiger partial charge is 0.480 e. The van der Waals surface area contributed by atoms with Gasteiger partial charge in [-0.05, 0) is 19.3 Å². The summed E-state index contributed by atoms with van der Waals surface area (Å²) in [4.78, 5) is 22.8. The fourth-order valence-corrected chi connectivity index (χ4v) is 2.78. The normalized spacial score (nSPS) is 32.4. The summed E-state index contributed by atoms with van der Waals surface area (Å²) in [5, 5.41) is 23.5. The van der Waals surface area contributed by atoms with Crippen molar-refractivity contribution in [1.29, 1.82) is 0 Å². The predicted octanol–water partition coefficient (Wildman–Crippen LogP) is -0.921. The molecule has 3 unspecified atom stereocenters. The van der Waals surface area contributed by atoms with Gasteiger partial charge in [-0.2, -0.15) is 0 Å². The van der Waals surface area contributed by atoms with Crippen molar-refractivity contribution in [1.82, 2.24) is 10.6 Å². The molecule has 1 amide bonds. The van der Waals surface area contributed by atoms with E-state index in [4.69, 9.17) is 10.2 Å². The summed E-state index contributed by atoms with van der Waals surface area (Å²) in [5.74, 6) is -1.41. The molecule has 96 valence electrons. The molecule has 17 heavy (non-hydrogen) atoms. The maximum Gasteiger partial charge on any atom is 0.326 e. The zero-order chi connectivity index (χ0) is 12.4. The number of aliphatic hydroxyl groups excluding tert-OH is 1. The van der Waals surface area contributed by atoms with Gasteiger partial charge in [-0.25, -0.2) is 4.79 Å². The monoisotopic (exact) mass is 242 g/mol. The van der Waals surface area contributed by atoms with Gasteiger partial charge in [-0.3, -0.25) is 4.79 Å². The lowest BCUT2D eigenvalue weighted by Gasteiger charge is -2.21. The van der Waals surface area contributed by atoms with Crippen LogP contribution in [-0.2, 0) is 9.59 Å². The maximum atomic E-state index is 11.9. The third kappa shape index (κ3) is 2.58. The Bertz CT molecular complexity index is 321. The second kappa shape index (κ2) is 5.01. The SMILES string of the molecule is O=C(N[C@H](CCO)C(=O)O)C1CC2CCC1N2. The molecule has 2 saturated heterocycles. The zero-order valence-corrected chi connectivity index (χ0v) is 9.56. The van der Waals surface area contributed by atoms with Gasteiger partial charge in [0.15, 0.2) is 0 Å². The molecule has 6 nitrogen and oxygen atoms in total. The van der Waals surface area contributed by atoms with Crippen molar-refractivity contribution < 1.29 is 19.8 Å². The summed E-state index contributed by atoms with van der Waals surface area (Å²) < 4.78 is 0. The number of rotatable bonds is 5. The number of carboxylic acid groups (broad SMARTS) is 1. The van der Waals surface area contributed by atoms with Crippen LogP contribution >= 0.6 is 0 Å². The molecule has 2 heterocycles. The molecule has 6 heteroatoms. The van der Waals surface area contributed by atoms with Gasteiger partial charge in [-0.15, -0.1) is 0 Å². The topological polar surface area (TPSA) is 98.7 Å². The predicted molar refractivity (Wildman–Crippen MR) is 59.3 cm³/mol. The van der Waals surface area contributed by atoms with Crippen LogP contribution < -0.4 is 10.6 Å². The first-order valence-corrected chi connectivity index (χ1v) is 6.02. The molecule has 0 aliphatic carbocycles. The first-order chi connectivity index (χ1) is 8.11. The van der Waals surface area contributed by atoms with E-state index in [0.717, 1.165) is 19.3 Å². The molecule has 2 aliphatic heterocycles. The number of aliphatic carboxylic acids is 1. The van der Waals surface area contributed by atoms with Crippen molar-refractivity contribution in [3.63, 3.8) is 0 Å². The van der Waals surface area contributed by atoms with Crippen LogP contribution in [0.3, 0.4) is 0 Å². The minimum atomic E-state index is -1.09. The van der Waals surface area contributed by atoms with Crippen molar-refractivity contribution in [3.8, 4) is 0 Å². The fourth-order valence-electron chi connectivity index (χ4n) is 2.78. The number of amides is 1. The second-order valence-electron chi connectivity index (χ2n) is 4.80. The molecular weight excluding hydrogens is 224 g/mol. The van der Waals surface area contributed by atoms with Crippen LogP contribution in [0.2, 0.25) is 0 Å². The minimum Gasteiger partial charge on any atom is -0.480 e. The van der Waals surface area contributed by atoms with E-state index < -0.39 is 12.0 Å². The highest BCUT2D eigenvalue weighted by Gasteiger charge is 2.43. The second-order valence-corrected chi connectivity index (χ2v) is 4.80. The first-order valence-electron chi connectivity index (χ1n) is 6.02. The summed E-state index contributed by atoms with van der Waals surface area (Å²) in [6.07, 6.45) is 2.94. The molecule has 4 N–H and O–H groups in total. The fraction of sp³-hybridized carbons (Fsp3) is 0.818. The van der Waals surface area contributed by atoms with Crippen LogP contribution in [0.4, 0.5) is 0 Å². The van der Waals surface area contributed by atoms with Crippen LogP contribution in [0, 0.1) is 5.92 Å². The summed E-state index contributed by atoms with van der Waals surface area (Å²) in [5.41, 5.74) is 0. The lowest BCUT2D eigenvalue weighted by Crippen LogP contribution is -2.46. The molecule has 0 spiro atoms. The van der Waals surface area contributed by atoms with E-state index >= 15 is 0 Å². The lowest BCUT2D eigenvalue weighted by atomic mass is 9.88. The highest BCUT2D eigenvalue weighted by atomic mass is 16.4. The summed E-state index contributed by atoms with van der Waals surface area (Å²) >= 11 is 0. The average Bonchev–Trinajstić information content (AvgIpc) is 2.89. The number of fused-ring (bicyclic) bond motifs is 2. The van der Waals surface area contributed by atoms with Gasteiger partial charge in [0.2, 0.25) is 5.91 Å². The van der Waals surface area contributed by atoms with Crippen molar-refractivity contribution in [2.24, 2.45) is 5.92 Å². The average molecular weight is 242 g/mol. The van der Waals surface area contributed by atoms with E-state index in [1.165, 1.54) is 0 Å². The maximum absolute atomic E-state index is 11.9. The third-order valence-corrected chi connectivity index (χ3v) is 3.67.